The predicted molar refractivity (Wildman–Crippen MR) is 93.5 cm³/mol. The number of hydrogen-bond donors (Lipinski definition) is 1. The molecule has 0 radical (unpaired) electrons. The highest BCUT2D eigenvalue weighted by molar-refractivity contribution is 9.10. The minimum atomic E-state index is -0.298. The van der Waals surface area contributed by atoms with Crippen molar-refractivity contribution in [2.24, 2.45) is 5.92 Å². The molecule has 124 valence electrons. The summed E-state index contributed by atoms with van der Waals surface area (Å²) in [4.78, 5) is 17.1. The van der Waals surface area contributed by atoms with Gasteiger partial charge in [-0.1, -0.05) is 0 Å². The number of fused-ring (bicyclic) bond motifs is 1. The van der Waals surface area contributed by atoms with Gasteiger partial charge in [-0.3, -0.25) is 4.79 Å². The van der Waals surface area contributed by atoms with Crippen LogP contribution in [-0.2, 0) is 9.53 Å². The summed E-state index contributed by atoms with van der Waals surface area (Å²) in [6.45, 7) is 8.15. The topological polar surface area (TPSA) is 55.6 Å². The zero-order chi connectivity index (χ0) is 16.8. The molecule has 0 unspecified atom stereocenters. The Labute approximate surface area is 144 Å². The van der Waals surface area contributed by atoms with Crippen molar-refractivity contribution in [3.63, 3.8) is 0 Å². The molecule has 0 saturated carbocycles. The fourth-order valence-corrected chi connectivity index (χ4v) is 3.88. The highest BCUT2D eigenvalue weighted by atomic mass is 79.9. The molecule has 3 rings (SSSR count). The lowest BCUT2D eigenvalue weighted by molar-refractivity contribution is -0.176. The number of amides is 1. The standard InChI is InChI=1S/C17H22BrN3O2/c1-16(2)7-11(8-17(3,4)23-16)15(22)20-13-10-21-9-12(18)5-6-14(21)19-13/h5-6,9-11H,7-8H2,1-4H3,(H,20,22). The lowest BCUT2D eigenvalue weighted by Crippen LogP contribution is -2.48. The molecule has 5 nitrogen and oxygen atoms in total. The Bertz CT molecular complexity index is 735. The third-order valence-electron chi connectivity index (χ3n) is 4.07. The van der Waals surface area contributed by atoms with Crippen LogP contribution >= 0.6 is 15.9 Å². The summed E-state index contributed by atoms with van der Waals surface area (Å²) in [5.74, 6) is 0.512. The van der Waals surface area contributed by atoms with Gasteiger partial charge in [0.1, 0.15) is 5.65 Å². The molecular formula is C17H22BrN3O2. The maximum atomic E-state index is 12.7. The molecule has 1 aliphatic heterocycles. The maximum Gasteiger partial charge on any atom is 0.228 e. The number of halogens is 1. The number of carbonyl (C=O) groups is 1. The summed E-state index contributed by atoms with van der Waals surface area (Å²) in [6, 6.07) is 3.83. The van der Waals surface area contributed by atoms with Gasteiger partial charge in [-0.25, -0.2) is 4.98 Å². The van der Waals surface area contributed by atoms with E-state index in [0.717, 1.165) is 10.1 Å². The first-order chi connectivity index (χ1) is 10.6. The Balaban J connectivity index is 1.77. The number of aromatic nitrogens is 2. The number of imidazole rings is 1. The number of nitrogens with zero attached hydrogens (tertiary/aromatic N) is 2. The molecular weight excluding hydrogens is 358 g/mol. The minimum Gasteiger partial charge on any atom is -0.370 e. The van der Waals surface area contributed by atoms with Crippen molar-refractivity contribution >= 4 is 33.3 Å². The first-order valence-corrected chi connectivity index (χ1v) is 8.58. The number of nitrogens with one attached hydrogen (secondary N) is 1. The summed E-state index contributed by atoms with van der Waals surface area (Å²) in [7, 11) is 0. The number of ether oxygens (including phenoxy) is 1. The molecule has 1 aliphatic rings. The van der Waals surface area contributed by atoms with Crippen LogP contribution in [0.3, 0.4) is 0 Å². The van der Waals surface area contributed by atoms with Crippen LogP contribution in [0.25, 0.3) is 5.65 Å². The molecule has 1 N–H and O–H groups in total. The number of carbonyl (C=O) groups excluding carboxylic acids is 1. The molecule has 1 amide bonds. The van der Waals surface area contributed by atoms with Crippen LogP contribution in [0.15, 0.2) is 29.0 Å². The Kier molecular flexibility index (Phi) is 4.01. The highest BCUT2D eigenvalue weighted by Crippen LogP contribution is 2.38. The number of pyridine rings is 1. The van der Waals surface area contributed by atoms with Crippen molar-refractivity contribution in [2.75, 3.05) is 5.32 Å². The van der Waals surface area contributed by atoms with E-state index in [1.165, 1.54) is 0 Å². The van der Waals surface area contributed by atoms with Crippen molar-refractivity contribution in [1.82, 2.24) is 9.38 Å². The average Bonchev–Trinajstić information content (AvgIpc) is 2.76. The molecule has 6 heteroatoms. The Morgan fingerprint density at radius 1 is 1.26 bits per heavy atom. The van der Waals surface area contributed by atoms with E-state index in [-0.39, 0.29) is 23.0 Å². The van der Waals surface area contributed by atoms with E-state index in [9.17, 15) is 4.79 Å². The third kappa shape index (κ3) is 3.75. The minimum absolute atomic E-state index is 0.0110. The van der Waals surface area contributed by atoms with Gasteiger partial charge in [-0.2, -0.15) is 0 Å². The van der Waals surface area contributed by atoms with E-state index >= 15 is 0 Å². The molecule has 0 aromatic carbocycles. The van der Waals surface area contributed by atoms with Crippen molar-refractivity contribution in [3.05, 3.63) is 29.0 Å². The Hall–Kier alpha value is -1.40. The lowest BCUT2D eigenvalue weighted by Gasteiger charge is -2.44. The van der Waals surface area contributed by atoms with Crippen LogP contribution in [0.1, 0.15) is 40.5 Å². The summed E-state index contributed by atoms with van der Waals surface area (Å²) >= 11 is 3.43. The van der Waals surface area contributed by atoms with Crippen molar-refractivity contribution in [2.45, 2.75) is 51.7 Å². The van der Waals surface area contributed by atoms with Crippen molar-refractivity contribution in [3.8, 4) is 0 Å². The summed E-state index contributed by atoms with van der Waals surface area (Å²) in [5, 5.41) is 2.95. The zero-order valence-corrected chi connectivity index (χ0v) is 15.5. The monoisotopic (exact) mass is 379 g/mol. The molecule has 0 aliphatic carbocycles. The highest BCUT2D eigenvalue weighted by Gasteiger charge is 2.42. The van der Waals surface area contributed by atoms with E-state index in [1.807, 2.05) is 56.6 Å². The molecule has 2 aromatic heterocycles. The number of hydrogen-bond acceptors (Lipinski definition) is 3. The second kappa shape index (κ2) is 5.60. The SMILES string of the molecule is CC1(C)CC(C(=O)Nc2cn3cc(Br)ccc3n2)CC(C)(C)O1. The molecule has 3 heterocycles. The average molecular weight is 380 g/mol. The van der Waals surface area contributed by atoms with E-state index in [1.54, 1.807) is 0 Å². The van der Waals surface area contributed by atoms with Gasteiger partial charge in [0.05, 0.1) is 17.4 Å². The smallest absolute Gasteiger partial charge is 0.228 e. The Morgan fingerprint density at radius 3 is 2.57 bits per heavy atom. The van der Waals surface area contributed by atoms with Gasteiger partial charge in [0.15, 0.2) is 5.82 Å². The molecule has 1 saturated heterocycles. The summed E-state index contributed by atoms with van der Waals surface area (Å²) in [6.07, 6.45) is 5.16. The van der Waals surface area contributed by atoms with E-state index in [4.69, 9.17) is 4.74 Å². The first kappa shape index (κ1) is 16.5. The number of rotatable bonds is 2. The largest absolute Gasteiger partial charge is 0.370 e. The summed E-state index contributed by atoms with van der Waals surface area (Å²) < 4.78 is 8.90. The van der Waals surface area contributed by atoms with Gasteiger partial charge in [-0.15, -0.1) is 0 Å². The second-order valence-electron chi connectivity index (χ2n) is 7.45. The molecule has 0 spiro atoms. The maximum absolute atomic E-state index is 12.7. The first-order valence-electron chi connectivity index (χ1n) is 7.79. The summed E-state index contributed by atoms with van der Waals surface area (Å²) in [5.41, 5.74) is 0.206. The van der Waals surface area contributed by atoms with Gasteiger partial charge in [0, 0.05) is 16.6 Å². The van der Waals surface area contributed by atoms with E-state index in [0.29, 0.717) is 18.7 Å². The van der Waals surface area contributed by atoms with E-state index in [2.05, 4.69) is 26.2 Å². The second-order valence-corrected chi connectivity index (χ2v) is 8.37. The fourth-order valence-electron chi connectivity index (χ4n) is 3.53. The van der Waals surface area contributed by atoms with Crippen LogP contribution in [0.5, 0.6) is 0 Å². The van der Waals surface area contributed by atoms with Crippen LogP contribution in [-0.4, -0.2) is 26.5 Å². The Morgan fingerprint density at radius 2 is 1.91 bits per heavy atom. The van der Waals surface area contributed by atoms with Crippen LogP contribution < -0.4 is 5.32 Å². The van der Waals surface area contributed by atoms with E-state index < -0.39 is 0 Å². The van der Waals surface area contributed by atoms with Crippen molar-refractivity contribution < 1.29 is 9.53 Å². The van der Waals surface area contributed by atoms with Gasteiger partial charge in [-0.05, 0) is 68.6 Å². The normalized spacial score (nSPS) is 20.6. The van der Waals surface area contributed by atoms with Crippen LogP contribution in [0, 0.1) is 5.92 Å². The van der Waals surface area contributed by atoms with Gasteiger partial charge >= 0.3 is 0 Å². The van der Waals surface area contributed by atoms with Crippen molar-refractivity contribution in [1.29, 1.82) is 0 Å². The molecule has 0 bridgehead atoms. The van der Waals surface area contributed by atoms with Gasteiger partial charge in [0.25, 0.3) is 0 Å². The lowest BCUT2D eigenvalue weighted by atomic mass is 9.80. The predicted octanol–water partition coefficient (Wildman–Crippen LogP) is 4.02. The number of anilines is 1. The van der Waals surface area contributed by atoms with Crippen LogP contribution in [0.2, 0.25) is 0 Å². The molecule has 2 aromatic rings. The van der Waals surface area contributed by atoms with Crippen LogP contribution in [0.4, 0.5) is 5.82 Å². The molecule has 1 fully saturated rings. The quantitative estimate of drug-likeness (QED) is 0.856. The molecule has 0 atom stereocenters. The fraction of sp³-hybridized carbons (Fsp3) is 0.529. The molecule has 23 heavy (non-hydrogen) atoms. The van der Waals surface area contributed by atoms with Gasteiger partial charge < -0.3 is 14.5 Å². The third-order valence-corrected chi connectivity index (χ3v) is 4.53. The van der Waals surface area contributed by atoms with Gasteiger partial charge in [0.2, 0.25) is 5.91 Å². The zero-order valence-electron chi connectivity index (χ0n) is 13.9.